The SMILES string of the molecule is COc1ccc(N(c2ccc(OC)cc2)c2ccc(C(=O)C(=O)c3ccccc3)cc2)cc1. The summed E-state index contributed by atoms with van der Waals surface area (Å²) in [6, 6.07) is 31.0. The minimum atomic E-state index is -0.534. The van der Waals surface area contributed by atoms with Crippen molar-refractivity contribution in [3.8, 4) is 11.5 Å². The maximum Gasteiger partial charge on any atom is 0.233 e. The van der Waals surface area contributed by atoms with Gasteiger partial charge in [-0.25, -0.2) is 0 Å². The smallest absolute Gasteiger partial charge is 0.233 e. The molecular weight excluding hydrogens is 414 g/mol. The number of ketones is 2. The van der Waals surface area contributed by atoms with Crippen LogP contribution in [-0.4, -0.2) is 25.8 Å². The number of ether oxygens (including phenoxy) is 2. The molecule has 0 unspecified atom stereocenters. The molecule has 0 amide bonds. The average molecular weight is 437 g/mol. The molecule has 5 heteroatoms. The van der Waals surface area contributed by atoms with Crippen molar-refractivity contribution in [2.45, 2.75) is 0 Å². The zero-order chi connectivity index (χ0) is 23.2. The third-order valence-electron chi connectivity index (χ3n) is 5.29. The van der Waals surface area contributed by atoms with Crippen LogP contribution in [-0.2, 0) is 0 Å². The highest BCUT2D eigenvalue weighted by atomic mass is 16.5. The Morgan fingerprint density at radius 2 is 0.879 bits per heavy atom. The van der Waals surface area contributed by atoms with E-state index in [1.54, 1.807) is 50.6 Å². The van der Waals surface area contributed by atoms with Gasteiger partial charge in [-0.2, -0.15) is 0 Å². The summed E-state index contributed by atoms with van der Waals surface area (Å²) in [7, 11) is 3.26. The van der Waals surface area contributed by atoms with Crippen LogP contribution in [0.25, 0.3) is 0 Å². The van der Waals surface area contributed by atoms with E-state index in [2.05, 4.69) is 0 Å². The van der Waals surface area contributed by atoms with Crippen LogP contribution in [0.5, 0.6) is 11.5 Å². The van der Waals surface area contributed by atoms with Crippen molar-refractivity contribution in [1.29, 1.82) is 0 Å². The predicted molar refractivity (Wildman–Crippen MR) is 129 cm³/mol. The first kappa shape index (κ1) is 21.8. The van der Waals surface area contributed by atoms with E-state index >= 15 is 0 Å². The van der Waals surface area contributed by atoms with Crippen molar-refractivity contribution in [3.63, 3.8) is 0 Å². The van der Waals surface area contributed by atoms with Crippen molar-refractivity contribution < 1.29 is 19.1 Å². The van der Waals surface area contributed by atoms with Gasteiger partial charge in [0, 0.05) is 28.2 Å². The molecule has 0 aliphatic carbocycles. The minimum absolute atomic E-state index is 0.344. The Morgan fingerprint density at radius 3 is 1.27 bits per heavy atom. The number of nitrogens with zero attached hydrogens (tertiary/aromatic N) is 1. The van der Waals surface area contributed by atoms with Crippen LogP contribution in [0.2, 0.25) is 0 Å². The van der Waals surface area contributed by atoms with Gasteiger partial charge in [0.05, 0.1) is 14.2 Å². The molecule has 0 saturated heterocycles. The maximum atomic E-state index is 12.7. The lowest BCUT2D eigenvalue weighted by Gasteiger charge is -2.26. The molecule has 0 fully saturated rings. The number of methoxy groups -OCH3 is 2. The monoisotopic (exact) mass is 437 g/mol. The summed E-state index contributed by atoms with van der Waals surface area (Å²) < 4.78 is 10.6. The second-order valence-electron chi connectivity index (χ2n) is 7.30. The Hall–Kier alpha value is -4.38. The third-order valence-corrected chi connectivity index (χ3v) is 5.29. The molecule has 0 N–H and O–H groups in total. The van der Waals surface area contributed by atoms with E-state index in [9.17, 15) is 9.59 Å². The topological polar surface area (TPSA) is 55.8 Å². The lowest BCUT2D eigenvalue weighted by atomic mass is 10.0. The van der Waals surface area contributed by atoms with Gasteiger partial charge in [-0.3, -0.25) is 9.59 Å². The van der Waals surface area contributed by atoms with Gasteiger partial charge in [-0.15, -0.1) is 0 Å². The van der Waals surface area contributed by atoms with Crippen LogP contribution >= 0.6 is 0 Å². The van der Waals surface area contributed by atoms with Gasteiger partial charge in [0.15, 0.2) is 0 Å². The van der Waals surface area contributed by atoms with Gasteiger partial charge in [0.2, 0.25) is 11.6 Å². The van der Waals surface area contributed by atoms with Gasteiger partial charge >= 0.3 is 0 Å². The fourth-order valence-electron chi connectivity index (χ4n) is 3.52. The molecular formula is C28H23NO4. The summed E-state index contributed by atoms with van der Waals surface area (Å²) in [5.74, 6) is 0.460. The molecule has 0 spiro atoms. The zero-order valence-electron chi connectivity index (χ0n) is 18.4. The highest BCUT2D eigenvalue weighted by molar-refractivity contribution is 6.49. The van der Waals surface area contributed by atoms with Gasteiger partial charge in [0.25, 0.3) is 0 Å². The van der Waals surface area contributed by atoms with E-state index in [1.807, 2.05) is 71.6 Å². The molecule has 0 aromatic heterocycles. The van der Waals surface area contributed by atoms with Crippen LogP contribution in [0.15, 0.2) is 103 Å². The van der Waals surface area contributed by atoms with E-state index in [0.717, 1.165) is 28.6 Å². The second kappa shape index (κ2) is 9.83. The lowest BCUT2D eigenvalue weighted by Crippen LogP contribution is -2.15. The first-order chi connectivity index (χ1) is 16.1. The van der Waals surface area contributed by atoms with Gasteiger partial charge in [-0.05, 0) is 72.8 Å². The molecule has 0 saturated carbocycles. The van der Waals surface area contributed by atoms with Gasteiger partial charge in [0.1, 0.15) is 11.5 Å². The molecule has 0 radical (unpaired) electrons. The number of rotatable bonds is 8. The molecule has 5 nitrogen and oxygen atoms in total. The summed E-state index contributed by atoms with van der Waals surface area (Å²) >= 11 is 0. The van der Waals surface area contributed by atoms with E-state index < -0.39 is 11.6 Å². The van der Waals surface area contributed by atoms with Crippen LogP contribution < -0.4 is 14.4 Å². The van der Waals surface area contributed by atoms with Crippen molar-refractivity contribution >= 4 is 28.6 Å². The normalized spacial score (nSPS) is 10.4. The Labute approximate surface area is 192 Å². The van der Waals surface area contributed by atoms with E-state index in [4.69, 9.17) is 9.47 Å². The summed E-state index contributed by atoms with van der Waals surface area (Å²) in [5, 5.41) is 0. The standard InChI is InChI=1S/C28H23NO4/c1-32-25-16-12-23(13-17-25)29(24-14-18-26(33-2)19-15-24)22-10-8-21(9-11-22)28(31)27(30)20-6-4-3-5-7-20/h3-19H,1-2H3. The summed E-state index contributed by atoms with van der Waals surface area (Å²) in [6.45, 7) is 0. The van der Waals surface area contributed by atoms with Crippen molar-refractivity contribution in [3.05, 3.63) is 114 Å². The number of benzene rings is 4. The molecule has 4 rings (SSSR count). The molecule has 33 heavy (non-hydrogen) atoms. The van der Waals surface area contributed by atoms with Crippen molar-refractivity contribution in [1.82, 2.24) is 0 Å². The van der Waals surface area contributed by atoms with Crippen LogP contribution in [0.1, 0.15) is 20.7 Å². The fourth-order valence-corrected chi connectivity index (χ4v) is 3.52. The molecule has 164 valence electrons. The van der Waals surface area contributed by atoms with Crippen LogP contribution in [0, 0.1) is 0 Å². The summed E-state index contributed by atoms with van der Waals surface area (Å²) in [5.41, 5.74) is 3.40. The Kier molecular flexibility index (Phi) is 6.51. The largest absolute Gasteiger partial charge is 0.497 e. The number of Topliss-reactive ketones (excluding diaryl/α,β-unsaturated/α-hetero) is 2. The van der Waals surface area contributed by atoms with Crippen LogP contribution in [0.3, 0.4) is 0 Å². The summed E-state index contributed by atoms with van der Waals surface area (Å²) in [4.78, 5) is 27.3. The average Bonchev–Trinajstić information content (AvgIpc) is 2.89. The Balaban J connectivity index is 1.67. The van der Waals surface area contributed by atoms with Gasteiger partial charge in [-0.1, -0.05) is 30.3 Å². The molecule has 4 aromatic rings. The predicted octanol–water partition coefficient (Wildman–Crippen LogP) is 6.24. The highest BCUT2D eigenvalue weighted by Crippen LogP contribution is 2.36. The number of anilines is 3. The highest BCUT2D eigenvalue weighted by Gasteiger charge is 2.19. The Morgan fingerprint density at radius 1 is 0.515 bits per heavy atom. The van der Waals surface area contributed by atoms with E-state index in [-0.39, 0.29) is 0 Å². The molecule has 0 atom stereocenters. The first-order valence-electron chi connectivity index (χ1n) is 10.4. The maximum absolute atomic E-state index is 12.7. The quantitative estimate of drug-likeness (QED) is 0.241. The molecule has 0 bridgehead atoms. The zero-order valence-corrected chi connectivity index (χ0v) is 18.4. The number of carbonyl (C=O) groups is 2. The van der Waals surface area contributed by atoms with Crippen molar-refractivity contribution in [2.75, 3.05) is 19.1 Å². The number of hydrogen-bond acceptors (Lipinski definition) is 5. The van der Waals surface area contributed by atoms with Crippen LogP contribution in [0.4, 0.5) is 17.1 Å². The minimum Gasteiger partial charge on any atom is -0.497 e. The van der Waals surface area contributed by atoms with E-state index in [0.29, 0.717) is 11.1 Å². The summed E-state index contributed by atoms with van der Waals surface area (Å²) in [6.07, 6.45) is 0. The molecule has 0 heterocycles. The lowest BCUT2D eigenvalue weighted by molar-refractivity contribution is 0.0817. The second-order valence-corrected chi connectivity index (χ2v) is 7.30. The van der Waals surface area contributed by atoms with Gasteiger partial charge < -0.3 is 14.4 Å². The fraction of sp³-hybridized carbons (Fsp3) is 0.0714. The molecule has 4 aromatic carbocycles. The third kappa shape index (κ3) is 4.77. The van der Waals surface area contributed by atoms with E-state index in [1.165, 1.54) is 0 Å². The molecule has 0 aliphatic rings. The first-order valence-corrected chi connectivity index (χ1v) is 10.4. The number of carbonyl (C=O) groups excluding carboxylic acids is 2. The molecule has 0 aliphatic heterocycles. The van der Waals surface area contributed by atoms with Crippen molar-refractivity contribution in [2.24, 2.45) is 0 Å². The number of hydrogen-bond donors (Lipinski definition) is 0. The Bertz CT molecular complexity index is 1180.